The second kappa shape index (κ2) is 8.68. The van der Waals surface area contributed by atoms with Crippen LogP contribution in [0.3, 0.4) is 0 Å². The first-order valence-corrected chi connectivity index (χ1v) is 12.4. The van der Waals surface area contributed by atoms with Crippen molar-refractivity contribution in [3.63, 3.8) is 0 Å². The summed E-state index contributed by atoms with van der Waals surface area (Å²) in [6, 6.07) is 7.95. The number of aryl methyl sites for hydroxylation is 1. The lowest BCUT2D eigenvalue weighted by molar-refractivity contribution is -0.139. The normalized spacial score (nSPS) is 13.5. The quantitative estimate of drug-likeness (QED) is 0.282. The van der Waals surface area contributed by atoms with Crippen molar-refractivity contribution >= 4 is 61.1 Å². The van der Waals surface area contributed by atoms with Crippen LogP contribution in [-0.2, 0) is 22.4 Å². The third kappa shape index (κ3) is 3.88. The van der Waals surface area contributed by atoms with Gasteiger partial charge in [0, 0.05) is 16.1 Å². The van der Waals surface area contributed by atoms with Crippen LogP contribution in [0.1, 0.15) is 31.0 Å². The second-order valence-corrected chi connectivity index (χ2v) is 9.67. The molecule has 1 aromatic carbocycles. The summed E-state index contributed by atoms with van der Waals surface area (Å²) in [5, 5.41) is 15.0. The summed E-state index contributed by atoms with van der Waals surface area (Å²) in [7, 11) is 0. The summed E-state index contributed by atoms with van der Waals surface area (Å²) in [6.07, 6.45) is 4.28. The van der Waals surface area contributed by atoms with Crippen molar-refractivity contribution in [2.75, 3.05) is 12.4 Å². The molecular formula is C22H19ClN4O2S2. The minimum Gasteiger partial charge on any atom is -0.465 e. The molecule has 0 atom stereocenters. The number of ether oxygens (including phenoxy) is 1. The largest absolute Gasteiger partial charge is 0.465 e. The number of carbonyl (C=O) groups excluding carboxylic acids is 1. The van der Waals surface area contributed by atoms with Gasteiger partial charge in [0.15, 0.2) is 0 Å². The average Bonchev–Trinajstić information content (AvgIpc) is 3.15. The summed E-state index contributed by atoms with van der Waals surface area (Å²) < 4.78 is 5.95. The number of thioether (sulfide) groups is 1. The lowest BCUT2D eigenvalue weighted by Crippen LogP contribution is -2.07. The Bertz CT molecular complexity index is 1290. The molecule has 0 saturated heterocycles. The summed E-state index contributed by atoms with van der Waals surface area (Å²) in [4.78, 5) is 17.8. The number of thiophene rings is 1. The van der Waals surface area contributed by atoms with Gasteiger partial charge in [-0.2, -0.15) is 0 Å². The number of pyridine rings is 1. The molecule has 3 heterocycles. The molecule has 0 bridgehead atoms. The summed E-state index contributed by atoms with van der Waals surface area (Å²) in [5.74, 6) is -0.0834. The van der Waals surface area contributed by atoms with E-state index < -0.39 is 0 Å². The van der Waals surface area contributed by atoms with Crippen molar-refractivity contribution in [2.24, 2.45) is 0 Å². The molecule has 1 aliphatic rings. The van der Waals surface area contributed by atoms with E-state index in [1.54, 1.807) is 18.3 Å². The van der Waals surface area contributed by atoms with E-state index in [0.29, 0.717) is 16.7 Å². The average molecular weight is 471 g/mol. The number of nitrogens with zero attached hydrogens (tertiary/aromatic N) is 4. The minimum atomic E-state index is -0.268. The van der Waals surface area contributed by atoms with E-state index in [-0.39, 0.29) is 11.7 Å². The third-order valence-corrected chi connectivity index (χ3v) is 7.73. The van der Waals surface area contributed by atoms with Gasteiger partial charge in [0.1, 0.15) is 15.4 Å². The molecule has 0 spiro atoms. The predicted molar refractivity (Wildman–Crippen MR) is 125 cm³/mol. The molecule has 0 radical (unpaired) electrons. The molecule has 3 aromatic heterocycles. The Hall–Kier alpha value is -2.29. The number of carbonyl (C=O) groups is 1. The first-order chi connectivity index (χ1) is 15.2. The van der Waals surface area contributed by atoms with Gasteiger partial charge in [0.25, 0.3) is 0 Å². The van der Waals surface area contributed by atoms with E-state index >= 15 is 0 Å². The van der Waals surface area contributed by atoms with E-state index in [9.17, 15) is 4.79 Å². The summed E-state index contributed by atoms with van der Waals surface area (Å²) in [6.45, 7) is 2.16. The maximum Gasteiger partial charge on any atom is 0.316 e. The summed E-state index contributed by atoms with van der Waals surface area (Å²) in [5.41, 5.74) is 5.52. The van der Waals surface area contributed by atoms with Crippen LogP contribution in [0.5, 0.6) is 0 Å². The number of esters is 1. The number of fused-ring (bicyclic) bond motifs is 4. The van der Waals surface area contributed by atoms with Gasteiger partial charge in [-0.15, -0.1) is 21.5 Å². The van der Waals surface area contributed by atoms with Crippen LogP contribution in [0, 0.1) is 0 Å². The Balaban J connectivity index is 1.72. The highest BCUT2D eigenvalue weighted by molar-refractivity contribution is 8.00. The van der Waals surface area contributed by atoms with Gasteiger partial charge in [-0.3, -0.25) is 4.79 Å². The first-order valence-electron chi connectivity index (χ1n) is 10.2. The van der Waals surface area contributed by atoms with Crippen LogP contribution in [0.15, 0.2) is 29.3 Å². The van der Waals surface area contributed by atoms with Gasteiger partial charge in [0.05, 0.1) is 17.1 Å². The molecule has 4 aromatic rings. The zero-order valence-electron chi connectivity index (χ0n) is 16.9. The molecule has 6 nitrogen and oxygen atoms in total. The fraction of sp³-hybridized carbons (Fsp3) is 0.318. The standard InChI is InChI=1S/C22H19ClN4O2S2/c1-2-29-16(28)11-30-22-20-19(25-27-26-22)18-17(12-7-9-13(23)10-8-12)14-5-3-4-6-15(14)24-21(18)31-20/h7-10H,2-6,11H2,1H3. The lowest BCUT2D eigenvalue weighted by atomic mass is 9.87. The van der Waals surface area contributed by atoms with Gasteiger partial charge in [-0.1, -0.05) is 35.5 Å². The lowest BCUT2D eigenvalue weighted by Gasteiger charge is -2.19. The molecule has 0 N–H and O–H groups in total. The number of halogens is 1. The molecule has 158 valence electrons. The molecule has 9 heteroatoms. The molecule has 1 aliphatic carbocycles. The Kier molecular flexibility index (Phi) is 5.77. The van der Waals surface area contributed by atoms with Gasteiger partial charge in [0.2, 0.25) is 0 Å². The molecule has 5 rings (SSSR count). The number of rotatable bonds is 5. The number of hydrogen-bond acceptors (Lipinski definition) is 8. The minimum absolute atomic E-state index is 0.184. The van der Waals surface area contributed by atoms with Crippen LogP contribution in [0.2, 0.25) is 5.02 Å². The Morgan fingerprint density at radius 1 is 1.19 bits per heavy atom. The van der Waals surface area contributed by atoms with Gasteiger partial charge >= 0.3 is 5.97 Å². The van der Waals surface area contributed by atoms with Crippen LogP contribution < -0.4 is 0 Å². The SMILES string of the molecule is CCOC(=O)CSc1nnnc2c1sc1nc3c(c(-c4ccc(Cl)cc4)c12)CCCC3. The van der Waals surface area contributed by atoms with E-state index in [1.807, 2.05) is 12.1 Å². The van der Waals surface area contributed by atoms with E-state index in [1.165, 1.54) is 22.9 Å². The summed E-state index contributed by atoms with van der Waals surface area (Å²) >= 11 is 9.05. The van der Waals surface area contributed by atoms with Crippen LogP contribution in [0.25, 0.3) is 31.6 Å². The molecule has 0 saturated carbocycles. The topological polar surface area (TPSA) is 77.9 Å². The number of benzene rings is 1. The predicted octanol–water partition coefficient (Wildman–Crippen LogP) is 5.49. The molecule has 0 aliphatic heterocycles. The monoisotopic (exact) mass is 470 g/mol. The third-order valence-electron chi connectivity index (χ3n) is 5.33. The highest BCUT2D eigenvalue weighted by Crippen LogP contribution is 2.44. The Morgan fingerprint density at radius 3 is 2.81 bits per heavy atom. The van der Waals surface area contributed by atoms with Crippen LogP contribution in [-0.4, -0.2) is 38.7 Å². The molecular weight excluding hydrogens is 452 g/mol. The van der Waals surface area contributed by atoms with E-state index in [0.717, 1.165) is 57.4 Å². The van der Waals surface area contributed by atoms with Crippen molar-refractivity contribution in [1.29, 1.82) is 0 Å². The zero-order valence-corrected chi connectivity index (χ0v) is 19.2. The van der Waals surface area contributed by atoms with Gasteiger partial charge in [-0.25, -0.2) is 4.98 Å². The van der Waals surface area contributed by atoms with Crippen molar-refractivity contribution < 1.29 is 9.53 Å². The van der Waals surface area contributed by atoms with E-state index in [2.05, 4.69) is 27.5 Å². The van der Waals surface area contributed by atoms with Gasteiger partial charge < -0.3 is 4.74 Å². The maximum atomic E-state index is 11.8. The fourth-order valence-corrected chi connectivity index (χ4v) is 6.13. The highest BCUT2D eigenvalue weighted by atomic mass is 35.5. The maximum absolute atomic E-state index is 11.8. The van der Waals surface area contributed by atoms with Crippen LogP contribution in [0.4, 0.5) is 0 Å². The van der Waals surface area contributed by atoms with Crippen molar-refractivity contribution in [3.05, 3.63) is 40.5 Å². The zero-order chi connectivity index (χ0) is 21.4. The van der Waals surface area contributed by atoms with E-state index in [4.69, 9.17) is 21.3 Å². The fourth-order valence-electron chi connectivity index (χ4n) is 4.02. The van der Waals surface area contributed by atoms with Crippen molar-refractivity contribution in [1.82, 2.24) is 20.4 Å². The van der Waals surface area contributed by atoms with Gasteiger partial charge in [-0.05, 0) is 66.6 Å². The smallest absolute Gasteiger partial charge is 0.316 e. The molecule has 0 amide bonds. The Morgan fingerprint density at radius 2 is 2.00 bits per heavy atom. The highest BCUT2D eigenvalue weighted by Gasteiger charge is 2.24. The van der Waals surface area contributed by atoms with Crippen LogP contribution >= 0.6 is 34.7 Å². The first kappa shape index (κ1) is 20.6. The molecule has 31 heavy (non-hydrogen) atoms. The van der Waals surface area contributed by atoms with Crippen molar-refractivity contribution in [2.45, 2.75) is 37.6 Å². The Labute approximate surface area is 192 Å². The molecule has 0 unspecified atom stereocenters. The van der Waals surface area contributed by atoms with Crippen molar-refractivity contribution in [3.8, 4) is 11.1 Å². The number of aromatic nitrogens is 4. The second-order valence-electron chi connectivity index (χ2n) is 7.27. The molecule has 0 fully saturated rings. The number of hydrogen-bond donors (Lipinski definition) is 0.